The number of carbonyl (C=O) groups excluding carboxylic acids is 1. The molecule has 6 heteroatoms. The maximum Gasteiger partial charge on any atom is 0.277 e. The average molecular weight is 137 g/mol. The summed E-state index contributed by atoms with van der Waals surface area (Å²) in [5.41, 5.74) is 0.266. The molecule has 0 aromatic carbocycles. The minimum atomic E-state index is -0.492. The maximum atomic E-state index is 10.8. The van der Waals surface area contributed by atoms with Crippen molar-refractivity contribution in [2.24, 2.45) is 20.4 Å². The lowest BCUT2D eigenvalue weighted by atomic mass is 10.3. The van der Waals surface area contributed by atoms with E-state index in [0.29, 0.717) is 0 Å². The average Bonchev–Trinajstić information content (AvgIpc) is 2.36. The molecule has 0 fully saturated rings. The van der Waals surface area contributed by atoms with E-state index in [0.717, 1.165) is 0 Å². The van der Waals surface area contributed by atoms with Crippen LogP contribution in [0.4, 0.5) is 0 Å². The SMILES string of the molecule is O=C1NC=NC2N=NN=C12. The Labute approximate surface area is 55.7 Å². The van der Waals surface area contributed by atoms with Crippen LogP contribution in [0.15, 0.2) is 20.4 Å². The van der Waals surface area contributed by atoms with Gasteiger partial charge >= 0.3 is 0 Å². The molecule has 1 unspecified atom stereocenters. The fraction of sp³-hybridized carbons (Fsp3) is 0.250. The molecule has 2 aliphatic rings. The number of nitrogens with zero attached hydrogens (tertiary/aromatic N) is 4. The predicted octanol–water partition coefficient (Wildman–Crippen LogP) is -0.708. The lowest BCUT2D eigenvalue weighted by Gasteiger charge is -2.07. The van der Waals surface area contributed by atoms with Crippen LogP contribution in [0, 0.1) is 0 Å². The first-order valence-corrected chi connectivity index (χ1v) is 2.68. The molecule has 0 aromatic heterocycles. The maximum absolute atomic E-state index is 10.8. The molecular formula is C4H3N5O. The molecule has 2 rings (SSSR count). The van der Waals surface area contributed by atoms with E-state index in [4.69, 9.17) is 0 Å². The number of nitrogens with one attached hydrogen (secondary N) is 1. The summed E-state index contributed by atoms with van der Waals surface area (Å²) in [6.07, 6.45) is 0.810. The second-order valence-corrected chi connectivity index (χ2v) is 1.82. The molecule has 2 aliphatic heterocycles. The molecule has 1 amide bonds. The van der Waals surface area contributed by atoms with Gasteiger partial charge in [0.15, 0.2) is 5.71 Å². The molecule has 10 heavy (non-hydrogen) atoms. The molecule has 0 saturated heterocycles. The van der Waals surface area contributed by atoms with Crippen LogP contribution >= 0.6 is 0 Å². The zero-order valence-electron chi connectivity index (χ0n) is 4.85. The second kappa shape index (κ2) is 1.69. The van der Waals surface area contributed by atoms with E-state index in [9.17, 15) is 4.79 Å². The van der Waals surface area contributed by atoms with Crippen molar-refractivity contribution in [1.82, 2.24) is 5.32 Å². The third-order valence-electron chi connectivity index (χ3n) is 1.20. The molecule has 50 valence electrons. The Morgan fingerprint density at radius 1 is 1.60 bits per heavy atom. The van der Waals surface area contributed by atoms with Gasteiger partial charge in [-0.15, -0.1) is 10.2 Å². The van der Waals surface area contributed by atoms with Crippen LogP contribution in [0.2, 0.25) is 0 Å². The highest BCUT2D eigenvalue weighted by Gasteiger charge is 2.27. The Kier molecular flexibility index (Phi) is 0.883. The van der Waals surface area contributed by atoms with Gasteiger partial charge in [0.1, 0.15) is 0 Å². The van der Waals surface area contributed by atoms with E-state index in [1.54, 1.807) is 0 Å². The number of hydrogen-bond acceptors (Lipinski definition) is 5. The summed E-state index contributed by atoms with van der Waals surface area (Å²) in [7, 11) is 0. The monoisotopic (exact) mass is 137 g/mol. The van der Waals surface area contributed by atoms with E-state index in [1.807, 2.05) is 0 Å². The molecule has 0 saturated carbocycles. The summed E-state index contributed by atoms with van der Waals surface area (Å²) >= 11 is 0. The van der Waals surface area contributed by atoms with Gasteiger partial charge in [0.25, 0.3) is 5.91 Å². The molecule has 0 spiro atoms. The minimum Gasteiger partial charge on any atom is -0.312 e. The normalized spacial score (nSPS) is 27.8. The second-order valence-electron chi connectivity index (χ2n) is 1.82. The summed E-state index contributed by atoms with van der Waals surface area (Å²) in [6.45, 7) is 0. The molecule has 6 nitrogen and oxygen atoms in total. The quantitative estimate of drug-likeness (QED) is 0.470. The van der Waals surface area contributed by atoms with Gasteiger partial charge in [-0.25, -0.2) is 4.99 Å². The van der Waals surface area contributed by atoms with Crippen molar-refractivity contribution in [1.29, 1.82) is 0 Å². The first-order chi connectivity index (χ1) is 4.88. The standard InChI is InChI=1S/C4H3N5O/c10-4-2-3(5-1-6-4)8-9-7-2/h1,3H,(H,5,6,10). The third-order valence-corrected chi connectivity index (χ3v) is 1.20. The van der Waals surface area contributed by atoms with Crippen molar-refractivity contribution < 1.29 is 4.79 Å². The largest absolute Gasteiger partial charge is 0.312 e. The van der Waals surface area contributed by atoms with Crippen molar-refractivity contribution in [3.05, 3.63) is 0 Å². The number of rotatable bonds is 0. The summed E-state index contributed by atoms with van der Waals surface area (Å²) in [4.78, 5) is 14.6. The Morgan fingerprint density at radius 3 is 3.30 bits per heavy atom. The zero-order chi connectivity index (χ0) is 6.97. The smallest absolute Gasteiger partial charge is 0.277 e. The molecule has 2 heterocycles. The first kappa shape index (κ1) is 5.21. The van der Waals surface area contributed by atoms with Gasteiger partial charge in [-0.1, -0.05) is 0 Å². The van der Waals surface area contributed by atoms with Crippen LogP contribution in [0.3, 0.4) is 0 Å². The van der Waals surface area contributed by atoms with E-state index in [2.05, 4.69) is 25.7 Å². The molecule has 0 aliphatic carbocycles. The Hall–Kier alpha value is -1.59. The minimum absolute atomic E-state index is 0.266. The molecule has 1 N–H and O–H groups in total. The molecule has 0 bridgehead atoms. The first-order valence-electron chi connectivity index (χ1n) is 2.68. The van der Waals surface area contributed by atoms with Gasteiger partial charge in [0.05, 0.1) is 6.34 Å². The van der Waals surface area contributed by atoms with Crippen molar-refractivity contribution >= 4 is 18.0 Å². The highest BCUT2D eigenvalue weighted by molar-refractivity contribution is 6.43. The van der Waals surface area contributed by atoms with Gasteiger partial charge in [0.2, 0.25) is 6.17 Å². The highest BCUT2D eigenvalue weighted by atomic mass is 16.2. The van der Waals surface area contributed by atoms with Gasteiger partial charge < -0.3 is 5.32 Å². The Bertz CT molecular complexity index is 265. The van der Waals surface area contributed by atoms with Crippen LogP contribution in [0.5, 0.6) is 0 Å². The zero-order valence-corrected chi connectivity index (χ0v) is 4.85. The molecule has 1 atom stereocenters. The topological polar surface area (TPSA) is 78.5 Å². The lowest BCUT2D eigenvalue weighted by molar-refractivity contribution is -0.113. The van der Waals surface area contributed by atoms with Crippen LogP contribution < -0.4 is 5.32 Å². The number of fused-ring (bicyclic) bond motifs is 1. The van der Waals surface area contributed by atoms with Gasteiger partial charge in [0, 0.05) is 0 Å². The van der Waals surface area contributed by atoms with Crippen LogP contribution in [-0.4, -0.2) is 24.1 Å². The van der Waals surface area contributed by atoms with Gasteiger partial charge in [-0.3, -0.25) is 4.79 Å². The molecule has 0 aromatic rings. The fourth-order valence-corrected chi connectivity index (χ4v) is 0.733. The summed E-state index contributed by atoms with van der Waals surface area (Å²) in [5, 5.41) is 12.7. The third kappa shape index (κ3) is 0.554. The van der Waals surface area contributed by atoms with E-state index in [1.165, 1.54) is 6.34 Å². The summed E-state index contributed by atoms with van der Waals surface area (Å²) < 4.78 is 0. The molecule has 0 radical (unpaired) electrons. The van der Waals surface area contributed by atoms with Crippen LogP contribution in [0.25, 0.3) is 0 Å². The van der Waals surface area contributed by atoms with Crippen LogP contribution in [-0.2, 0) is 4.79 Å². The van der Waals surface area contributed by atoms with Crippen molar-refractivity contribution in [3.63, 3.8) is 0 Å². The van der Waals surface area contributed by atoms with E-state index >= 15 is 0 Å². The van der Waals surface area contributed by atoms with E-state index in [-0.39, 0.29) is 11.6 Å². The summed E-state index contributed by atoms with van der Waals surface area (Å²) in [6, 6.07) is 0. The lowest BCUT2D eigenvalue weighted by Crippen LogP contribution is -2.39. The molecular weight excluding hydrogens is 134 g/mol. The van der Waals surface area contributed by atoms with Crippen molar-refractivity contribution in [2.75, 3.05) is 0 Å². The van der Waals surface area contributed by atoms with Gasteiger partial charge in [-0.05, 0) is 5.22 Å². The van der Waals surface area contributed by atoms with Crippen LogP contribution in [0.1, 0.15) is 0 Å². The Morgan fingerprint density at radius 2 is 2.50 bits per heavy atom. The Balaban J connectivity index is 2.41. The number of amides is 1. The summed E-state index contributed by atoms with van der Waals surface area (Å²) in [5.74, 6) is -0.273. The predicted molar refractivity (Wildman–Crippen MR) is 32.7 cm³/mol. The van der Waals surface area contributed by atoms with E-state index < -0.39 is 6.17 Å². The highest BCUT2D eigenvalue weighted by Crippen LogP contribution is 2.08. The fourth-order valence-electron chi connectivity index (χ4n) is 0.733. The number of carbonyl (C=O) groups is 1. The van der Waals surface area contributed by atoms with Gasteiger partial charge in [-0.2, -0.15) is 0 Å². The van der Waals surface area contributed by atoms with Crippen molar-refractivity contribution in [2.45, 2.75) is 6.17 Å². The number of aliphatic imine (C=N–C) groups is 1. The van der Waals surface area contributed by atoms with Crippen molar-refractivity contribution in [3.8, 4) is 0 Å². The number of hydrogen-bond donors (Lipinski definition) is 1.